The van der Waals surface area contributed by atoms with Crippen molar-refractivity contribution >= 4 is 23.8 Å². The van der Waals surface area contributed by atoms with Crippen molar-refractivity contribution in [3.63, 3.8) is 0 Å². The Morgan fingerprint density at radius 1 is 1.00 bits per heavy atom. The Kier molecular flexibility index (Phi) is 4.38. The number of hydrogen-bond acceptors (Lipinski definition) is 4. The van der Waals surface area contributed by atoms with Gasteiger partial charge in [0, 0.05) is 5.56 Å². The monoisotopic (exact) mass is 322 g/mol. The van der Waals surface area contributed by atoms with E-state index in [0.29, 0.717) is 16.9 Å². The smallest absolute Gasteiger partial charge is 0.326 e. The summed E-state index contributed by atoms with van der Waals surface area (Å²) in [5.41, 5.74) is 1.42. The van der Waals surface area contributed by atoms with E-state index in [1.807, 2.05) is 6.07 Å². The number of ketones is 1. The number of carbonyl (C=O) groups excluding carboxylic acids is 3. The molecule has 1 heterocycles. The molecule has 0 bridgehead atoms. The van der Waals surface area contributed by atoms with Crippen molar-refractivity contribution in [2.45, 2.75) is 0 Å². The standard InChI is InChI=1S/C18H14N2O4/c21-16(13-6-2-1-3-7-13)11-24-14-8-4-5-12(9-14)10-15-17(22)20-18(23)19-15/h1-10H,11H2,(H2,19,20,22,23)/b15-10+. The van der Waals surface area contributed by atoms with Crippen molar-refractivity contribution in [3.05, 3.63) is 71.4 Å². The van der Waals surface area contributed by atoms with Crippen LogP contribution in [-0.2, 0) is 4.79 Å². The summed E-state index contributed by atoms with van der Waals surface area (Å²) in [7, 11) is 0. The van der Waals surface area contributed by atoms with Gasteiger partial charge in [-0.3, -0.25) is 14.9 Å². The maximum atomic E-state index is 12.0. The SMILES string of the molecule is O=C1NC(=O)/C(=C\c2cccc(OCC(=O)c3ccccc3)c2)N1. The van der Waals surface area contributed by atoms with Crippen LogP contribution in [0, 0.1) is 0 Å². The highest BCUT2D eigenvalue weighted by Crippen LogP contribution is 2.16. The van der Waals surface area contributed by atoms with Gasteiger partial charge in [0.2, 0.25) is 0 Å². The fourth-order valence-corrected chi connectivity index (χ4v) is 2.20. The van der Waals surface area contributed by atoms with Gasteiger partial charge in [-0.1, -0.05) is 42.5 Å². The maximum absolute atomic E-state index is 12.0. The highest BCUT2D eigenvalue weighted by molar-refractivity contribution is 6.14. The Hall–Kier alpha value is -3.41. The molecule has 1 fully saturated rings. The normalized spacial score (nSPS) is 15.1. The summed E-state index contributed by atoms with van der Waals surface area (Å²) in [4.78, 5) is 34.6. The minimum atomic E-state index is -0.549. The van der Waals surface area contributed by atoms with E-state index in [9.17, 15) is 14.4 Å². The summed E-state index contributed by atoms with van der Waals surface area (Å²) in [5, 5.41) is 4.54. The van der Waals surface area contributed by atoms with E-state index in [4.69, 9.17) is 4.74 Å². The number of rotatable bonds is 5. The third-order valence-electron chi connectivity index (χ3n) is 3.35. The number of carbonyl (C=O) groups is 3. The van der Waals surface area contributed by atoms with E-state index in [0.717, 1.165) is 0 Å². The first kappa shape index (κ1) is 15.5. The molecule has 6 heteroatoms. The molecule has 1 aliphatic heterocycles. The fraction of sp³-hybridized carbons (Fsp3) is 0.0556. The third-order valence-corrected chi connectivity index (χ3v) is 3.35. The van der Waals surface area contributed by atoms with Gasteiger partial charge >= 0.3 is 6.03 Å². The summed E-state index contributed by atoms with van der Waals surface area (Å²) in [6.07, 6.45) is 1.53. The topological polar surface area (TPSA) is 84.5 Å². The molecule has 0 spiro atoms. The lowest BCUT2D eigenvalue weighted by atomic mass is 10.1. The zero-order valence-electron chi connectivity index (χ0n) is 12.6. The Balaban J connectivity index is 1.68. The van der Waals surface area contributed by atoms with Crippen LogP contribution in [0.2, 0.25) is 0 Å². The first-order valence-corrected chi connectivity index (χ1v) is 7.27. The van der Waals surface area contributed by atoms with Crippen molar-refractivity contribution in [3.8, 4) is 5.75 Å². The summed E-state index contributed by atoms with van der Waals surface area (Å²) < 4.78 is 5.51. The summed E-state index contributed by atoms with van der Waals surface area (Å²) in [6, 6.07) is 15.2. The molecule has 0 saturated carbocycles. The predicted molar refractivity (Wildman–Crippen MR) is 87.4 cm³/mol. The second kappa shape index (κ2) is 6.78. The quantitative estimate of drug-likeness (QED) is 0.502. The average Bonchev–Trinajstić information content (AvgIpc) is 2.91. The van der Waals surface area contributed by atoms with Gasteiger partial charge in [-0.15, -0.1) is 0 Å². The Morgan fingerprint density at radius 2 is 1.79 bits per heavy atom. The molecule has 2 aromatic carbocycles. The van der Waals surface area contributed by atoms with Crippen molar-refractivity contribution in [1.29, 1.82) is 0 Å². The van der Waals surface area contributed by atoms with Gasteiger partial charge in [0.25, 0.3) is 5.91 Å². The number of nitrogens with one attached hydrogen (secondary N) is 2. The van der Waals surface area contributed by atoms with Crippen LogP contribution in [0.4, 0.5) is 4.79 Å². The van der Waals surface area contributed by atoms with Crippen LogP contribution in [-0.4, -0.2) is 24.3 Å². The highest BCUT2D eigenvalue weighted by Gasteiger charge is 2.22. The Morgan fingerprint density at radius 3 is 2.50 bits per heavy atom. The van der Waals surface area contributed by atoms with Gasteiger partial charge in [-0.05, 0) is 23.8 Å². The molecule has 24 heavy (non-hydrogen) atoms. The van der Waals surface area contributed by atoms with Gasteiger partial charge in [-0.2, -0.15) is 0 Å². The maximum Gasteiger partial charge on any atom is 0.326 e. The van der Waals surface area contributed by atoms with Crippen LogP contribution in [0.1, 0.15) is 15.9 Å². The van der Waals surface area contributed by atoms with Gasteiger partial charge in [0.1, 0.15) is 11.4 Å². The number of amides is 3. The molecular formula is C18H14N2O4. The van der Waals surface area contributed by atoms with Crippen LogP contribution in [0.5, 0.6) is 5.75 Å². The number of hydrogen-bond donors (Lipinski definition) is 2. The molecule has 1 aliphatic rings. The average molecular weight is 322 g/mol. The molecule has 0 radical (unpaired) electrons. The lowest BCUT2D eigenvalue weighted by Crippen LogP contribution is -2.22. The third kappa shape index (κ3) is 3.67. The van der Waals surface area contributed by atoms with Gasteiger partial charge in [-0.25, -0.2) is 4.79 Å². The largest absolute Gasteiger partial charge is 0.485 e. The van der Waals surface area contributed by atoms with Crippen LogP contribution in [0.3, 0.4) is 0 Å². The van der Waals surface area contributed by atoms with E-state index in [1.165, 1.54) is 6.08 Å². The number of imide groups is 1. The van der Waals surface area contributed by atoms with Crippen molar-refractivity contribution in [2.75, 3.05) is 6.61 Å². The van der Waals surface area contributed by atoms with E-state index < -0.39 is 11.9 Å². The van der Waals surface area contributed by atoms with E-state index in [-0.39, 0.29) is 18.1 Å². The van der Waals surface area contributed by atoms with Crippen LogP contribution >= 0.6 is 0 Å². The Labute approximate surface area is 138 Å². The Bertz CT molecular complexity index is 828. The second-order valence-electron chi connectivity index (χ2n) is 5.12. The molecule has 120 valence electrons. The number of Topliss-reactive ketones (excluding diaryl/α,β-unsaturated/α-hetero) is 1. The molecule has 2 aromatic rings. The zero-order valence-corrected chi connectivity index (χ0v) is 12.6. The highest BCUT2D eigenvalue weighted by atomic mass is 16.5. The molecule has 0 aliphatic carbocycles. The molecule has 0 aromatic heterocycles. The second-order valence-corrected chi connectivity index (χ2v) is 5.12. The minimum absolute atomic E-state index is 0.0821. The first-order chi connectivity index (χ1) is 11.6. The molecule has 6 nitrogen and oxygen atoms in total. The number of benzene rings is 2. The summed E-state index contributed by atoms with van der Waals surface area (Å²) in [6.45, 7) is -0.0821. The lowest BCUT2D eigenvalue weighted by molar-refractivity contribution is -0.115. The first-order valence-electron chi connectivity index (χ1n) is 7.27. The fourth-order valence-electron chi connectivity index (χ4n) is 2.20. The van der Waals surface area contributed by atoms with Crippen LogP contribution in [0.25, 0.3) is 6.08 Å². The number of urea groups is 1. The number of ether oxygens (including phenoxy) is 1. The lowest BCUT2D eigenvalue weighted by Gasteiger charge is -2.06. The molecule has 0 atom stereocenters. The molecule has 1 saturated heterocycles. The summed E-state index contributed by atoms with van der Waals surface area (Å²) in [5.74, 6) is -0.106. The molecule has 3 rings (SSSR count). The van der Waals surface area contributed by atoms with Crippen LogP contribution < -0.4 is 15.4 Å². The van der Waals surface area contributed by atoms with E-state index in [1.54, 1.807) is 48.5 Å². The molecule has 3 amide bonds. The van der Waals surface area contributed by atoms with Gasteiger partial charge in [0.15, 0.2) is 12.4 Å². The van der Waals surface area contributed by atoms with Crippen molar-refractivity contribution < 1.29 is 19.1 Å². The van der Waals surface area contributed by atoms with Crippen LogP contribution in [0.15, 0.2) is 60.3 Å². The van der Waals surface area contributed by atoms with E-state index in [2.05, 4.69) is 10.6 Å². The predicted octanol–water partition coefficient (Wildman–Crippen LogP) is 2.13. The van der Waals surface area contributed by atoms with E-state index >= 15 is 0 Å². The molecular weight excluding hydrogens is 308 g/mol. The van der Waals surface area contributed by atoms with Gasteiger partial charge < -0.3 is 10.1 Å². The molecule has 2 N–H and O–H groups in total. The zero-order chi connectivity index (χ0) is 16.9. The molecule has 0 unspecified atom stereocenters. The van der Waals surface area contributed by atoms with Crippen molar-refractivity contribution in [2.24, 2.45) is 0 Å². The van der Waals surface area contributed by atoms with Crippen molar-refractivity contribution in [1.82, 2.24) is 10.6 Å². The minimum Gasteiger partial charge on any atom is -0.485 e. The summed E-state index contributed by atoms with van der Waals surface area (Å²) >= 11 is 0. The van der Waals surface area contributed by atoms with Gasteiger partial charge in [0.05, 0.1) is 0 Å².